The first-order valence-electron chi connectivity index (χ1n) is 15.0. The third-order valence-corrected chi connectivity index (χ3v) is 6.97. The van der Waals surface area contributed by atoms with Gasteiger partial charge in [-0.2, -0.15) is 0 Å². The van der Waals surface area contributed by atoms with Crippen molar-refractivity contribution in [1.82, 2.24) is 0 Å². The van der Waals surface area contributed by atoms with Crippen LogP contribution in [0.3, 0.4) is 0 Å². The Hall–Kier alpha value is -2.17. The number of aldehydes is 1. The molecule has 0 atom stereocenters. The second-order valence-electron chi connectivity index (χ2n) is 10.3. The maximum absolute atomic E-state index is 10.6. The van der Waals surface area contributed by atoms with E-state index in [-0.39, 0.29) is 16.7 Å². The van der Waals surface area contributed by atoms with Gasteiger partial charge in [0.15, 0.2) is 0 Å². The third-order valence-electron chi connectivity index (χ3n) is 6.97. The van der Waals surface area contributed by atoms with Gasteiger partial charge in [-0.15, -0.1) is 0 Å². The second kappa shape index (κ2) is 25.5. The molecule has 0 saturated carbocycles. The molecule has 0 spiro atoms. The van der Waals surface area contributed by atoms with Gasteiger partial charge >= 0.3 is 11.9 Å². The van der Waals surface area contributed by atoms with Crippen LogP contribution in [-0.2, 0) is 4.79 Å². The molecule has 0 fully saturated rings. The van der Waals surface area contributed by atoms with E-state index in [1.165, 1.54) is 147 Å². The van der Waals surface area contributed by atoms with Gasteiger partial charge in [0.1, 0.15) is 6.29 Å². The molecule has 0 amide bonds. The molecule has 0 aliphatic rings. The molecule has 0 unspecified atom stereocenters. The number of carboxylic acid groups (broad SMARTS) is 2. The smallest absolute Gasteiger partial charge is 0.335 e. The van der Waals surface area contributed by atoms with Crippen molar-refractivity contribution in [2.75, 3.05) is 0 Å². The molecule has 212 valence electrons. The van der Waals surface area contributed by atoms with Crippen molar-refractivity contribution in [3.8, 4) is 0 Å². The van der Waals surface area contributed by atoms with E-state index in [1.54, 1.807) is 0 Å². The highest BCUT2D eigenvalue weighted by molar-refractivity contribution is 5.96. The van der Waals surface area contributed by atoms with Gasteiger partial charge in [0, 0.05) is 6.42 Å². The van der Waals surface area contributed by atoms with E-state index in [9.17, 15) is 14.4 Å². The predicted molar refractivity (Wildman–Crippen MR) is 154 cm³/mol. The molecule has 0 saturated heterocycles. The number of carbonyl (C=O) groups excluding carboxylic acids is 1. The third kappa shape index (κ3) is 20.6. The quantitative estimate of drug-likeness (QED) is 0.111. The minimum absolute atomic E-state index is 0.0277. The summed E-state index contributed by atoms with van der Waals surface area (Å²) < 4.78 is 0. The summed E-state index contributed by atoms with van der Waals surface area (Å²) in [5.41, 5.74) is 0.335. The van der Waals surface area contributed by atoms with Crippen molar-refractivity contribution >= 4 is 18.2 Å². The Kier molecular flexibility index (Phi) is 24.0. The van der Waals surface area contributed by atoms with Gasteiger partial charge in [-0.25, -0.2) is 9.59 Å². The summed E-state index contributed by atoms with van der Waals surface area (Å²) in [6, 6.07) is 4.17. The van der Waals surface area contributed by atoms with Crippen LogP contribution in [0.4, 0.5) is 0 Å². The van der Waals surface area contributed by atoms with E-state index in [0.717, 1.165) is 19.1 Å². The van der Waals surface area contributed by atoms with Crippen LogP contribution in [0.5, 0.6) is 0 Å². The van der Waals surface area contributed by atoms with Crippen LogP contribution < -0.4 is 0 Å². The van der Waals surface area contributed by atoms with Gasteiger partial charge in [0.05, 0.1) is 11.1 Å². The molecule has 1 aromatic carbocycles. The van der Waals surface area contributed by atoms with Gasteiger partial charge in [0.2, 0.25) is 0 Å². The van der Waals surface area contributed by atoms with E-state index >= 15 is 0 Å². The van der Waals surface area contributed by atoms with Gasteiger partial charge in [-0.05, 0) is 31.0 Å². The Bertz CT molecular complexity index is 681. The molecule has 5 nitrogen and oxygen atoms in total. The molecule has 1 rings (SSSR count). The normalized spacial score (nSPS) is 10.5. The minimum atomic E-state index is -1.11. The largest absolute Gasteiger partial charge is 0.478 e. The first-order chi connectivity index (χ1) is 18.0. The Morgan fingerprint density at radius 1 is 0.595 bits per heavy atom. The molecule has 0 aromatic heterocycles. The zero-order valence-corrected chi connectivity index (χ0v) is 23.8. The van der Waals surface area contributed by atoms with E-state index in [2.05, 4.69) is 6.92 Å². The lowest BCUT2D eigenvalue weighted by Crippen LogP contribution is -2.06. The first kappa shape index (κ1) is 34.8. The monoisotopic (exact) mass is 518 g/mol. The molecule has 5 heteroatoms. The van der Waals surface area contributed by atoms with Gasteiger partial charge < -0.3 is 15.0 Å². The van der Waals surface area contributed by atoms with E-state index < -0.39 is 11.9 Å². The summed E-state index contributed by atoms with van der Waals surface area (Å²) in [5.74, 6) is -2.22. The van der Waals surface area contributed by atoms with Crippen LogP contribution in [-0.4, -0.2) is 28.4 Å². The molecule has 0 aliphatic heterocycles. The molecule has 0 bridgehead atoms. The lowest BCUT2D eigenvalue weighted by molar-refractivity contribution is -0.107. The molecule has 0 radical (unpaired) electrons. The maximum Gasteiger partial charge on any atom is 0.335 e. The zero-order valence-electron chi connectivity index (χ0n) is 23.8. The highest BCUT2D eigenvalue weighted by Gasteiger charge is 2.13. The Morgan fingerprint density at radius 3 is 1.16 bits per heavy atom. The van der Waals surface area contributed by atoms with Gasteiger partial charge in [-0.1, -0.05) is 135 Å². The number of carbonyl (C=O) groups is 3. The van der Waals surface area contributed by atoms with Gasteiger partial charge in [-0.3, -0.25) is 0 Å². The number of aromatic carboxylic acids is 2. The fourth-order valence-corrected chi connectivity index (χ4v) is 4.58. The number of benzene rings is 1. The summed E-state index contributed by atoms with van der Waals surface area (Å²) in [6.45, 7) is 3.77. The van der Waals surface area contributed by atoms with E-state index in [0.29, 0.717) is 0 Å². The zero-order chi connectivity index (χ0) is 27.6. The summed E-state index contributed by atoms with van der Waals surface area (Å²) in [6.07, 6.45) is 30.0. The van der Waals surface area contributed by atoms with Crippen molar-refractivity contribution in [2.24, 2.45) is 0 Å². The fraction of sp³-hybridized carbons (Fsp3) is 0.719. The average Bonchev–Trinajstić information content (AvgIpc) is 2.87. The molecule has 1 aromatic rings. The van der Waals surface area contributed by atoms with Crippen LogP contribution in [0.1, 0.15) is 168 Å². The number of hydrogen-bond donors (Lipinski definition) is 2. The lowest BCUT2D eigenvalue weighted by atomic mass is 10.0. The van der Waals surface area contributed by atoms with Crippen LogP contribution in [0.2, 0.25) is 0 Å². The summed E-state index contributed by atoms with van der Waals surface area (Å²) in [7, 11) is 0. The van der Waals surface area contributed by atoms with Crippen LogP contribution >= 0.6 is 0 Å². The number of unbranched alkanes of at least 4 members (excludes halogenated alkanes) is 20. The predicted octanol–water partition coefficient (Wildman–Crippen LogP) is 9.79. The SMILES string of the molecule is CCCCCCCCCCCCCCCCCCCCCCC=O.Cc1c(C(=O)O)cccc1C(=O)O. The number of hydrogen-bond acceptors (Lipinski definition) is 3. The number of carboxylic acids is 2. The van der Waals surface area contributed by atoms with Crippen LogP contribution in [0.15, 0.2) is 18.2 Å². The highest BCUT2D eigenvalue weighted by Crippen LogP contribution is 2.15. The molecule has 37 heavy (non-hydrogen) atoms. The van der Waals surface area contributed by atoms with Crippen molar-refractivity contribution in [3.63, 3.8) is 0 Å². The van der Waals surface area contributed by atoms with E-state index in [1.807, 2.05) is 0 Å². The lowest BCUT2D eigenvalue weighted by Gasteiger charge is -2.04. The van der Waals surface area contributed by atoms with Crippen LogP contribution in [0, 0.1) is 6.92 Å². The van der Waals surface area contributed by atoms with Crippen molar-refractivity contribution in [3.05, 3.63) is 34.9 Å². The van der Waals surface area contributed by atoms with E-state index in [4.69, 9.17) is 10.2 Å². The minimum Gasteiger partial charge on any atom is -0.478 e. The first-order valence-corrected chi connectivity index (χ1v) is 15.0. The maximum atomic E-state index is 10.6. The summed E-state index contributed by atoms with van der Waals surface area (Å²) >= 11 is 0. The standard InChI is InChI=1S/C23H46O.C9H8O4/c1-2-3-4-5-6-7-8-9-10-11-12-13-14-15-16-17-18-19-20-21-22-23-24;1-5-6(8(10)11)3-2-4-7(5)9(12)13/h23H,2-22H2,1H3;2-4H,1H3,(H,10,11)(H,12,13). The summed E-state index contributed by atoms with van der Waals surface area (Å²) in [4.78, 5) is 31.4. The molecule has 0 heterocycles. The van der Waals surface area contributed by atoms with Gasteiger partial charge in [0.25, 0.3) is 0 Å². The Labute approximate surface area is 226 Å². The fourth-order valence-electron chi connectivity index (χ4n) is 4.58. The Morgan fingerprint density at radius 2 is 0.892 bits per heavy atom. The van der Waals surface area contributed by atoms with Crippen molar-refractivity contribution < 1.29 is 24.6 Å². The molecular formula is C32H54O5. The Balaban J connectivity index is 0.000000832. The topological polar surface area (TPSA) is 91.7 Å². The highest BCUT2D eigenvalue weighted by atomic mass is 16.4. The molecule has 2 N–H and O–H groups in total. The molecular weight excluding hydrogens is 464 g/mol. The van der Waals surface area contributed by atoms with Crippen molar-refractivity contribution in [2.45, 2.75) is 149 Å². The molecule has 0 aliphatic carbocycles. The number of rotatable bonds is 23. The second-order valence-corrected chi connectivity index (χ2v) is 10.3. The summed E-state index contributed by atoms with van der Waals surface area (Å²) in [5, 5.41) is 17.4. The average molecular weight is 519 g/mol. The van der Waals surface area contributed by atoms with Crippen molar-refractivity contribution in [1.29, 1.82) is 0 Å². The van der Waals surface area contributed by atoms with Crippen LogP contribution in [0.25, 0.3) is 0 Å².